The molecule has 3 rings (SSSR count). The predicted octanol–water partition coefficient (Wildman–Crippen LogP) is 1.37. The zero-order valence-corrected chi connectivity index (χ0v) is 11.4. The van der Waals surface area contributed by atoms with E-state index in [-0.39, 0.29) is 0 Å². The molecule has 2 aliphatic rings. The van der Waals surface area contributed by atoms with E-state index in [4.69, 9.17) is 9.47 Å². The van der Waals surface area contributed by atoms with Crippen molar-refractivity contribution in [1.29, 1.82) is 0 Å². The van der Waals surface area contributed by atoms with Crippen molar-refractivity contribution < 1.29 is 19.4 Å². The first-order chi connectivity index (χ1) is 9.70. The van der Waals surface area contributed by atoms with Crippen molar-refractivity contribution in [2.24, 2.45) is 5.41 Å². The van der Waals surface area contributed by atoms with Gasteiger partial charge in [-0.2, -0.15) is 0 Å². The lowest BCUT2D eigenvalue weighted by molar-refractivity contribution is -0.150. The fourth-order valence-electron chi connectivity index (χ4n) is 2.91. The van der Waals surface area contributed by atoms with Crippen LogP contribution in [-0.2, 0) is 16.1 Å². The summed E-state index contributed by atoms with van der Waals surface area (Å²) in [6.45, 7) is 3.41. The number of rotatable bonds is 3. The van der Waals surface area contributed by atoms with Gasteiger partial charge in [-0.3, -0.25) is 9.69 Å². The van der Waals surface area contributed by atoms with Crippen molar-refractivity contribution in [2.75, 3.05) is 32.9 Å². The number of aliphatic carboxylic acids is 1. The van der Waals surface area contributed by atoms with Crippen LogP contribution in [0.4, 0.5) is 0 Å². The number of para-hydroxylation sites is 1. The molecule has 1 fully saturated rings. The smallest absolute Gasteiger partial charge is 0.313 e. The molecule has 1 unspecified atom stereocenters. The van der Waals surface area contributed by atoms with E-state index in [2.05, 4.69) is 4.90 Å². The fraction of sp³-hybridized carbons (Fsp3) is 0.533. The minimum atomic E-state index is -0.765. The van der Waals surface area contributed by atoms with Gasteiger partial charge in [0.15, 0.2) is 0 Å². The van der Waals surface area contributed by atoms with Crippen molar-refractivity contribution in [3.05, 3.63) is 29.8 Å². The van der Waals surface area contributed by atoms with Gasteiger partial charge in [-0.05, 0) is 12.5 Å². The molecule has 0 radical (unpaired) electrons. The lowest BCUT2D eigenvalue weighted by atomic mass is 9.86. The number of carboxylic acids is 1. The number of fused-ring (bicyclic) bond motifs is 1. The highest BCUT2D eigenvalue weighted by atomic mass is 16.5. The second-order valence-electron chi connectivity index (χ2n) is 5.55. The highest BCUT2D eigenvalue weighted by molar-refractivity contribution is 5.75. The lowest BCUT2D eigenvalue weighted by Gasteiger charge is -2.29. The molecule has 0 bridgehead atoms. The number of nitrogens with zero attached hydrogens (tertiary/aromatic N) is 1. The predicted molar refractivity (Wildman–Crippen MR) is 72.7 cm³/mol. The van der Waals surface area contributed by atoms with Crippen LogP contribution in [0.3, 0.4) is 0 Å². The topological polar surface area (TPSA) is 59.0 Å². The van der Waals surface area contributed by atoms with Crippen LogP contribution in [0, 0.1) is 5.41 Å². The van der Waals surface area contributed by atoms with E-state index in [1.165, 1.54) is 0 Å². The number of carbonyl (C=O) groups is 1. The zero-order valence-electron chi connectivity index (χ0n) is 11.4. The Balaban J connectivity index is 1.76. The molecule has 108 valence electrons. The summed E-state index contributed by atoms with van der Waals surface area (Å²) in [5, 5.41) is 9.52. The Morgan fingerprint density at radius 1 is 1.35 bits per heavy atom. The van der Waals surface area contributed by atoms with Crippen LogP contribution >= 0.6 is 0 Å². The normalized spacial score (nSPS) is 26.6. The van der Waals surface area contributed by atoms with E-state index >= 15 is 0 Å². The first kappa shape index (κ1) is 13.4. The van der Waals surface area contributed by atoms with Gasteiger partial charge in [0.25, 0.3) is 0 Å². The van der Waals surface area contributed by atoms with Gasteiger partial charge in [0.05, 0.1) is 6.61 Å². The van der Waals surface area contributed by atoms with Crippen LogP contribution in [0.5, 0.6) is 5.75 Å². The molecule has 0 amide bonds. The Morgan fingerprint density at radius 3 is 2.95 bits per heavy atom. The molecule has 0 spiro atoms. The maximum atomic E-state index is 11.6. The van der Waals surface area contributed by atoms with Gasteiger partial charge in [-0.1, -0.05) is 18.2 Å². The Hall–Kier alpha value is -1.59. The molecule has 1 saturated heterocycles. The maximum Gasteiger partial charge on any atom is 0.313 e. The first-order valence-corrected chi connectivity index (χ1v) is 6.94. The molecule has 1 aromatic carbocycles. The minimum Gasteiger partial charge on any atom is -0.492 e. The summed E-state index contributed by atoms with van der Waals surface area (Å²) in [6, 6.07) is 7.94. The van der Waals surface area contributed by atoms with Crippen LogP contribution in [0.25, 0.3) is 0 Å². The van der Waals surface area contributed by atoms with Gasteiger partial charge in [0.1, 0.15) is 17.8 Å². The Kier molecular flexibility index (Phi) is 3.63. The van der Waals surface area contributed by atoms with Gasteiger partial charge < -0.3 is 14.6 Å². The number of benzene rings is 1. The number of ether oxygens (including phenoxy) is 2. The molecule has 20 heavy (non-hydrogen) atoms. The zero-order chi connectivity index (χ0) is 14.0. The Labute approximate surface area is 118 Å². The van der Waals surface area contributed by atoms with Crippen LogP contribution in [0.15, 0.2) is 24.3 Å². The van der Waals surface area contributed by atoms with Crippen molar-refractivity contribution in [3.8, 4) is 5.75 Å². The third-order valence-electron chi connectivity index (χ3n) is 4.11. The van der Waals surface area contributed by atoms with E-state index in [1.54, 1.807) is 0 Å². The Bertz CT molecular complexity index is 496. The number of hydrogen-bond donors (Lipinski definition) is 1. The van der Waals surface area contributed by atoms with E-state index in [9.17, 15) is 9.90 Å². The summed E-state index contributed by atoms with van der Waals surface area (Å²) in [4.78, 5) is 13.8. The average Bonchev–Trinajstić information content (AvgIpc) is 2.81. The standard InChI is InChI=1S/C15H19NO4/c17-14(18)15(5-7-19-11-15)10-16-6-8-20-13-4-2-1-3-12(13)9-16/h1-4H,5-11H2,(H,17,18). The molecule has 2 aliphatic heterocycles. The van der Waals surface area contributed by atoms with Crippen LogP contribution in [-0.4, -0.2) is 48.9 Å². The molecule has 1 N–H and O–H groups in total. The minimum absolute atomic E-state index is 0.307. The number of hydrogen-bond acceptors (Lipinski definition) is 4. The summed E-state index contributed by atoms with van der Waals surface area (Å²) in [5.74, 6) is 0.149. The third kappa shape index (κ3) is 2.51. The molecular weight excluding hydrogens is 258 g/mol. The average molecular weight is 277 g/mol. The summed E-state index contributed by atoms with van der Waals surface area (Å²) in [5.41, 5.74) is 0.351. The Morgan fingerprint density at radius 2 is 2.20 bits per heavy atom. The molecule has 1 atom stereocenters. The van der Waals surface area contributed by atoms with Gasteiger partial charge in [0, 0.05) is 31.8 Å². The van der Waals surface area contributed by atoms with Crippen molar-refractivity contribution in [1.82, 2.24) is 4.90 Å². The second-order valence-corrected chi connectivity index (χ2v) is 5.55. The third-order valence-corrected chi connectivity index (χ3v) is 4.11. The highest BCUT2D eigenvalue weighted by Crippen LogP contribution is 2.32. The summed E-state index contributed by atoms with van der Waals surface area (Å²) in [7, 11) is 0. The van der Waals surface area contributed by atoms with Crippen LogP contribution < -0.4 is 4.74 Å². The largest absolute Gasteiger partial charge is 0.492 e. The van der Waals surface area contributed by atoms with Crippen LogP contribution in [0.1, 0.15) is 12.0 Å². The van der Waals surface area contributed by atoms with E-state index < -0.39 is 11.4 Å². The van der Waals surface area contributed by atoms with Crippen molar-refractivity contribution >= 4 is 5.97 Å². The lowest BCUT2D eigenvalue weighted by Crippen LogP contribution is -2.44. The quantitative estimate of drug-likeness (QED) is 0.904. The molecule has 0 aliphatic carbocycles. The molecule has 2 heterocycles. The summed E-state index contributed by atoms with van der Waals surface area (Å²) in [6.07, 6.45) is 0.585. The van der Waals surface area contributed by atoms with Crippen LogP contribution in [0.2, 0.25) is 0 Å². The molecule has 5 nitrogen and oxygen atoms in total. The summed E-state index contributed by atoms with van der Waals surface area (Å²) >= 11 is 0. The monoisotopic (exact) mass is 277 g/mol. The van der Waals surface area contributed by atoms with Gasteiger partial charge in [-0.25, -0.2) is 0 Å². The van der Waals surface area contributed by atoms with Gasteiger partial charge in [-0.15, -0.1) is 0 Å². The molecule has 1 aromatic rings. The number of carboxylic acid groups (broad SMARTS) is 1. The van der Waals surface area contributed by atoms with E-state index in [0.717, 1.165) is 24.4 Å². The van der Waals surface area contributed by atoms with Gasteiger partial charge in [0.2, 0.25) is 0 Å². The van der Waals surface area contributed by atoms with E-state index in [1.807, 2.05) is 24.3 Å². The highest BCUT2D eigenvalue weighted by Gasteiger charge is 2.44. The fourth-order valence-corrected chi connectivity index (χ4v) is 2.91. The van der Waals surface area contributed by atoms with Crippen molar-refractivity contribution in [2.45, 2.75) is 13.0 Å². The van der Waals surface area contributed by atoms with Crippen molar-refractivity contribution in [3.63, 3.8) is 0 Å². The van der Waals surface area contributed by atoms with E-state index in [0.29, 0.717) is 32.8 Å². The SMILES string of the molecule is O=C(O)C1(CN2CCOc3ccccc3C2)CCOC1. The molecular formula is C15H19NO4. The molecule has 0 aromatic heterocycles. The van der Waals surface area contributed by atoms with Gasteiger partial charge >= 0.3 is 5.97 Å². The maximum absolute atomic E-state index is 11.6. The molecule has 0 saturated carbocycles. The molecule has 5 heteroatoms. The second kappa shape index (κ2) is 5.42. The first-order valence-electron chi connectivity index (χ1n) is 6.94. The summed E-state index contributed by atoms with van der Waals surface area (Å²) < 4.78 is 11.0.